The summed E-state index contributed by atoms with van der Waals surface area (Å²) < 4.78 is 25.6. The average Bonchev–Trinajstić information content (AvgIpc) is 2.62. The Morgan fingerprint density at radius 2 is 1.73 bits per heavy atom. The normalized spacial score (nSPS) is 11.4. The molecule has 140 valence electrons. The quantitative estimate of drug-likeness (QED) is 0.806. The lowest BCUT2D eigenvalue weighted by atomic mass is 10.2. The fourth-order valence-corrected chi connectivity index (χ4v) is 3.42. The molecule has 1 N–H and O–H groups in total. The molecule has 0 bridgehead atoms. The molecule has 0 heterocycles. The van der Waals surface area contributed by atoms with Crippen molar-refractivity contribution >= 4 is 21.7 Å². The number of hydrogen-bond donors (Lipinski definition) is 1. The van der Waals surface area contributed by atoms with Gasteiger partial charge in [0.1, 0.15) is 0 Å². The third kappa shape index (κ3) is 5.06. The van der Waals surface area contributed by atoms with E-state index in [-0.39, 0.29) is 10.9 Å². The van der Waals surface area contributed by atoms with E-state index < -0.39 is 10.0 Å². The smallest absolute Gasteiger partial charge is 0.320 e. The minimum Gasteiger partial charge on any atom is -0.320 e. The molecule has 2 rings (SSSR count). The Bertz CT molecular complexity index is 836. The molecule has 7 heteroatoms. The highest BCUT2D eigenvalue weighted by atomic mass is 32.2. The number of carbonyl (C=O) groups excluding carboxylic acids is 1. The van der Waals surface area contributed by atoms with Crippen LogP contribution in [0.1, 0.15) is 18.9 Å². The summed E-state index contributed by atoms with van der Waals surface area (Å²) in [6.07, 6.45) is 0.829. The zero-order chi connectivity index (χ0) is 19.2. The molecule has 0 aliphatic rings. The second kappa shape index (κ2) is 8.82. The summed E-state index contributed by atoms with van der Waals surface area (Å²) in [6.45, 7) is 3.11. The van der Waals surface area contributed by atoms with Crippen LogP contribution in [0.2, 0.25) is 0 Å². The zero-order valence-corrected chi connectivity index (χ0v) is 16.2. The Hall–Kier alpha value is -2.38. The van der Waals surface area contributed by atoms with Crippen LogP contribution in [0.25, 0.3) is 0 Å². The van der Waals surface area contributed by atoms with Crippen molar-refractivity contribution in [1.29, 1.82) is 0 Å². The molecule has 0 atom stereocenters. The molecule has 0 aromatic heterocycles. The summed E-state index contributed by atoms with van der Waals surface area (Å²) in [4.78, 5) is 14.5. The van der Waals surface area contributed by atoms with Crippen LogP contribution >= 0.6 is 0 Å². The average molecular weight is 375 g/mol. The monoisotopic (exact) mass is 375 g/mol. The van der Waals surface area contributed by atoms with Gasteiger partial charge in [0.25, 0.3) is 0 Å². The number of benzene rings is 2. The molecule has 6 nitrogen and oxygen atoms in total. The first-order valence-corrected chi connectivity index (χ1v) is 9.91. The number of amides is 2. The van der Waals surface area contributed by atoms with E-state index >= 15 is 0 Å². The summed E-state index contributed by atoms with van der Waals surface area (Å²) in [5, 5.41) is 2.80. The maximum absolute atomic E-state index is 12.7. The van der Waals surface area contributed by atoms with Crippen LogP contribution in [0.4, 0.5) is 10.5 Å². The Balaban J connectivity index is 2.16. The summed E-state index contributed by atoms with van der Waals surface area (Å²) in [6, 6.07) is 15.8. The van der Waals surface area contributed by atoms with E-state index in [0.29, 0.717) is 18.8 Å². The molecule has 0 saturated carbocycles. The van der Waals surface area contributed by atoms with E-state index in [1.54, 1.807) is 17.0 Å². The topological polar surface area (TPSA) is 69.7 Å². The van der Waals surface area contributed by atoms with Crippen molar-refractivity contribution < 1.29 is 13.2 Å². The van der Waals surface area contributed by atoms with Gasteiger partial charge >= 0.3 is 6.03 Å². The molecule has 0 spiro atoms. The minimum atomic E-state index is -3.55. The van der Waals surface area contributed by atoms with Gasteiger partial charge in [-0.1, -0.05) is 43.3 Å². The number of nitrogens with zero attached hydrogens (tertiary/aromatic N) is 2. The maximum Gasteiger partial charge on any atom is 0.322 e. The van der Waals surface area contributed by atoms with Gasteiger partial charge < -0.3 is 10.2 Å². The fraction of sp³-hybridized carbons (Fsp3) is 0.316. The van der Waals surface area contributed by atoms with E-state index in [1.807, 2.05) is 37.3 Å². The van der Waals surface area contributed by atoms with Crippen LogP contribution in [-0.4, -0.2) is 44.3 Å². The molecule has 2 aromatic rings. The van der Waals surface area contributed by atoms with Gasteiger partial charge in [-0.05, 0) is 30.2 Å². The van der Waals surface area contributed by atoms with E-state index in [9.17, 15) is 13.2 Å². The van der Waals surface area contributed by atoms with E-state index in [1.165, 1.54) is 26.2 Å². The Kier molecular flexibility index (Phi) is 6.76. The number of sulfonamides is 1. The number of urea groups is 1. The predicted octanol–water partition coefficient (Wildman–Crippen LogP) is 3.38. The first kappa shape index (κ1) is 19.9. The van der Waals surface area contributed by atoms with Gasteiger partial charge in [-0.2, -0.15) is 0 Å². The molecule has 0 aliphatic carbocycles. The van der Waals surface area contributed by atoms with Gasteiger partial charge in [-0.15, -0.1) is 0 Å². The standard InChI is InChI=1S/C19H25N3O3S/c1-4-13-22(15-16-9-6-5-7-10-16)19(23)20-17-11-8-12-18(14-17)26(24,25)21(2)3/h5-12,14H,4,13,15H2,1-3H3,(H,20,23). The Labute approximate surface area is 155 Å². The lowest BCUT2D eigenvalue weighted by Crippen LogP contribution is -2.35. The van der Waals surface area contributed by atoms with Crippen LogP contribution in [0.3, 0.4) is 0 Å². The highest BCUT2D eigenvalue weighted by molar-refractivity contribution is 7.89. The van der Waals surface area contributed by atoms with Crippen LogP contribution in [0.5, 0.6) is 0 Å². The number of anilines is 1. The van der Waals surface area contributed by atoms with Gasteiger partial charge in [0.2, 0.25) is 10.0 Å². The van der Waals surface area contributed by atoms with Crippen molar-refractivity contribution in [2.24, 2.45) is 0 Å². The number of nitrogens with one attached hydrogen (secondary N) is 1. The molecule has 0 aliphatic heterocycles. The van der Waals surface area contributed by atoms with Crippen molar-refractivity contribution in [3.8, 4) is 0 Å². The first-order chi connectivity index (χ1) is 12.3. The molecular weight excluding hydrogens is 350 g/mol. The van der Waals surface area contributed by atoms with Crippen LogP contribution < -0.4 is 5.32 Å². The van der Waals surface area contributed by atoms with Gasteiger partial charge in [0, 0.05) is 32.9 Å². The van der Waals surface area contributed by atoms with Crippen LogP contribution in [0, 0.1) is 0 Å². The number of hydrogen-bond acceptors (Lipinski definition) is 3. The third-order valence-corrected chi connectivity index (χ3v) is 5.67. The zero-order valence-electron chi connectivity index (χ0n) is 15.3. The molecule has 26 heavy (non-hydrogen) atoms. The summed E-state index contributed by atoms with van der Waals surface area (Å²) in [7, 11) is -0.595. The second-order valence-electron chi connectivity index (χ2n) is 6.15. The van der Waals surface area contributed by atoms with Crippen LogP contribution in [0.15, 0.2) is 59.5 Å². The molecule has 0 radical (unpaired) electrons. The predicted molar refractivity (Wildman–Crippen MR) is 103 cm³/mol. The highest BCUT2D eigenvalue weighted by Gasteiger charge is 2.18. The molecular formula is C19H25N3O3S. The summed E-state index contributed by atoms with van der Waals surface area (Å²) in [5.41, 5.74) is 1.49. The largest absolute Gasteiger partial charge is 0.322 e. The highest BCUT2D eigenvalue weighted by Crippen LogP contribution is 2.18. The van der Waals surface area contributed by atoms with Gasteiger partial charge in [-0.3, -0.25) is 0 Å². The SMILES string of the molecule is CCCN(Cc1ccccc1)C(=O)Nc1cccc(S(=O)(=O)N(C)C)c1. The van der Waals surface area contributed by atoms with Crippen LogP contribution in [-0.2, 0) is 16.6 Å². The lowest BCUT2D eigenvalue weighted by Gasteiger charge is -2.23. The van der Waals surface area contributed by atoms with E-state index in [2.05, 4.69) is 5.32 Å². The van der Waals surface area contributed by atoms with Crippen molar-refractivity contribution in [2.75, 3.05) is 26.0 Å². The van der Waals surface area contributed by atoms with Gasteiger partial charge in [-0.25, -0.2) is 17.5 Å². The van der Waals surface area contributed by atoms with Crippen molar-refractivity contribution in [1.82, 2.24) is 9.21 Å². The van der Waals surface area contributed by atoms with Gasteiger partial charge in [0.05, 0.1) is 4.90 Å². The van der Waals surface area contributed by atoms with Gasteiger partial charge in [0.15, 0.2) is 0 Å². The molecule has 2 amide bonds. The number of rotatable bonds is 7. The van der Waals surface area contributed by atoms with Crippen molar-refractivity contribution in [3.05, 3.63) is 60.2 Å². The van der Waals surface area contributed by atoms with Crippen molar-refractivity contribution in [3.63, 3.8) is 0 Å². The fourth-order valence-electron chi connectivity index (χ4n) is 2.47. The Morgan fingerprint density at radius 3 is 2.35 bits per heavy atom. The molecule has 2 aromatic carbocycles. The van der Waals surface area contributed by atoms with E-state index in [4.69, 9.17) is 0 Å². The summed E-state index contributed by atoms with van der Waals surface area (Å²) in [5.74, 6) is 0. The Morgan fingerprint density at radius 1 is 1.04 bits per heavy atom. The maximum atomic E-state index is 12.7. The lowest BCUT2D eigenvalue weighted by molar-refractivity contribution is 0.209. The molecule has 0 fully saturated rings. The minimum absolute atomic E-state index is 0.144. The molecule has 0 saturated heterocycles. The molecule has 0 unspecified atom stereocenters. The number of carbonyl (C=O) groups is 1. The van der Waals surface area contributed by atoms with Crippen molar-refractivity contribution in [2.45, 2.75) is 24.8 Å². The first-order valence-electron chi connectivity index (χ1n) is 8.47. The van der Waals surface area contributed by atoms with E-state index in [0.717, 1.165) is 16.3 Å². The second-order valence-corrected chi connectivity index (χ2v) is 8.30. The summed E-state index contributed by atoms with van der Waals surface area (Å²) >= 11 is 0. The third-order valence-electron chi connectivity index (χ3n) is 3.86.